The molecule has 0 aromatic heterocycles. The van der Waals surface area contributed by atoms with E-state index in [-0.39, 0.29) is 0 Å². The van der Waals surface area contributed by atoms with Gasteiger partial charge in [-0.2, -0.15) is 0 Å². The maximum Gasteiger partial charge on any atom is 0.119 e. The van der Waals surface area contributed by atoms with Crippen LogP contribution < -0.4 is 9.47 Å². The zero-order valence-corrected chi connectivity index (χ0v) is 12.5. The highest BCUT2D eigenvalue weighted by atomic mass is 79.9. The van der Waals surface area contributed by atoms with Crippen LogP contribution in [-0.2, 0) is 0 Å². The first-order valence-corrected chi connectivity index (χ1v) is 7.11. The molecule has 100 valence electrons. The lowest BCUT2D eigenvalue weighted by atomic mass is 10.2. The highest BCUT2D eigenvalue weighted by Gasteiger charge is 1.96. The molecule has 0 saturated heterocycles. The molecule has 2 nitrogen and oxygen atoms in total. The lowest BCUT2D eigenvalue weighted by Crippen LogP contribution is -2.04. The van der Waals surface area contributed by atoms with Crippen LogP contribution in [0.3, 0.4) is 0 Å². The van der Waals surface area contributed by atoms with E-state index in [9.17, 15) is 0 Å². The summed E-state index contributed by atoms with van der Waals surface area (Å²) in [6.07, 6.45) is 0.865. The molecule has 0 atom stereocenters. The molecule has 0 bridgehead atoms. The quantitative estimate of drug-likeness (QED) is 0.724. The minimum absolute atomic E-state index is 0.660. The Kier molecular flexibility index (Phi) is 5.28. The second-order valence-electron chi connectivity index (χ2n) is 4.32. The summed E-state index contributed by atoms with van der Waals surface area (Å²) in [5.74, 6) is 1.81. The molecule has 0 radical (unpaired) electrons. The van der Waals surface area contributed by atoms with E-state index >= 15 is 0 Å². The summed E-state index contributed by atoms with van der Waals surface area (Å²) < 4.78 is 12.3. The first kappa shape index (κ1) is 13.9. The molecule has 0 heterocycles. The van der Waals surface area contributed by atoms with Crippen LogP contribution in [0, 0.1) is 6.92 Å². The largest absolute Gasteiger partial charge is 0.493 e. The third kappa shape index (κ3) is 4.95. The minimum atomic E-state index is 0.660. The van der Waals surface area contributed by atoms with Crippen molar-refractivity contribution < 1.29 is 9.47 Å². The molecule has 0 N–H and O–H groups in total. The van der Waals surface area contributed by atoms with Gasteiger partial charge in [0, 0.05) is 10.9 Å². The van der Waals surface area contributed by atoms with Crippen LogP contribution >= 0.6 is 15.9 Å². The highest BCUT2D eigenvalue weighted by Crippen LogP contribution is 2.16. The van der Waals surface area contributed by atoms with Crippen LogP contribution in [0.5, 0.6) is 11.5 Å². The summed E-state index contributed by atoms with van der Waals surface area (Å²) in [6.45, 7) is 3.39. The maximum absolute atomic E-state index is 5.66. The number of halogens is 1. The summed E-state index contributed by atoms with van der Waals surface area (Å²) in [5, 5.41) is 0. The van der Waals surface area contributed by atoms with Crippen molar-refractivity contribution in [3.8, 4) is 11.5 Å². The van der Waals surface area contributed by atoms with Crippen molar-refractivity contribution in [2.75, 3.05) is 13.2 Å². The normalized spacial score (nSPS) is 10.2. The van der Waals surface area contributed by atoms with E-state index in [2.05, 4.69) is 28.9 Å². The Morgan fingerprint density at radius 2 is 1.58 bits per heavy atom. The first-order chi connectivity index (χ1) is 9.24. The molecule has 2 aromatic carbocycles. The molecular weight excluding hydrogens is 304 g/mol. The van der Waals surface area contributed by atoms with Crippen LogP contribution in [0.4, 0.5) is 0 Å². The van der Waals surface area contributed by atoms with E-state index in [0.29, 0.717) is 13.2 Å². The van der Waals surface area contributed by atoms with Gasteiger partial charge in [-0.05, 0) is 48.9 Å². The average Bonchev–Trinajstić information content (AvgIpc) is 2.41. The second-order valence-corrected chi connectivity index (χ2v) is 5.24. The third-order valence-corrected chi connectivity index (χ3v) is 3.16. The Labute approximate surface area is 122 Å². The number of rotatable bonds is 6. The summed E-state index contributed by atoms with van der Waals surface area (Å²) >= 11 is 3.39. The Hall–Kier alpha value is -1.48. The average molecular weight is 321 g/mol. The minimum Gasteiger partial charge on any atom is -0.493 e. The fourth-order valence-electron chi connectivity index (χ4n) is 1.67. The molecule has 0 aliphatic heterocycles. The smallest absolute Gasteiger partial charge is 0.119 e. The molecule has 0 spiro atoms. The van der Waals surface area contributed by atoms with Gasteiger partial charge >= 0.3 is 0 Å². The van der Waals surface area contributed by atoms with Crippen molar-refractivity contribution in [2.45, 2.75) is 13.3 Å². The predicted octanol–water partition coefficient (Wildman–Crippen LogP) is 4.61. The van der Waals surface area contributed by atoms with Gasteiger partial charge in [0.15, 0.2) is 0 Å². The van der Waals surface area contributed by atoms with Gasteiger partial charge in [0.1, 0.15) is 11.5 Å². The summed E-state index contributed by atoms with van der Waals surface area (Å²) in [4.78, 5) is 0. The number of benzene rings is 2. The zero-order valence-electron chi connectivity index (χ0n) is 10.9. The molecular formula is C16H17BrO2. The Morgan fingerprint density at radius 3 is 2.26 bits per heavy atom. The van der Waals surface area contributed by atoms with Gasteiger partial charge in [-0.1, -0.05) is 28.1 Å². The molecule has 0 amide bonds. The molecule has 2 rings (SSSR count). The van der Waals surface area contributed by atoms with Crippen LogP contribution in [0.2, 0.25) is 0 Å². The van der Waals surface area contributed by atoms with Crippen molar-refractivity contribution >= 4 is 15.9 Å². The van der Waals surface area contributed by atoms with E-state index in [0.717, 1.165) is 22.4 Å². The predicted molar refractivity (Wildman–Crippen MR) is 80.9 cm³/mol. The van der Waals surface area contributed by atoms with Crippen molar-refractivity contribution in [1.82, 2.24) is 0 Å². The van der Waals surface area contributed by atoms with E-state index in [1.54, 1.807) is 0 Å². The lowest BCUT2D eigenvalue weighted by molar-refractivity contribution is 0.247. The summed E-state index contributed by atoms with van der Waals surface area (Å²) in [6, 6.07) is 15.9. The Bertz CT molecular complexity index is 508. The van der Waals surface area contributed by atoms with Gasteiger partial charge in [0.2, 0.25) is 0 Å². The Morgan fingerprint density at radius 1 is 0.895 bits per heavy atom. The van der Waals surface area contributed by atoms with E-state index in [4.69, 9.17) is 9.47 Å². The fourth-order valence-corrected chi connectivity index (χ4v) is 1.94. The molecule has 0 unspecified atom stereocenters. The third-order valence-electron chi connectivity index (χ3n) is 2.63. The topological polar surface area (TPSA) is 18.5 Å². The standard InChI is InChI=1S/C16H17BrO2/c1-13-4-2-5-16(12-13)19-11-3-10-18-15-8-6-14(17)7-9-15/h2,4-9,12H,3,10-11H2,1H3. The van der Waals surface area contributed by atoms with Gasteiger partial charge in [-0.3, -0.25) is 0 Å². The number of ether oxygens (including phenoxy) is 2. The van der Waals surface area contributed by atoms with Gasteiger partial charge in [0.25, 0.3) is 0 Å². The second kappa shape index (κ2) is 7.19. The molecule has 0 aliphatic rings. The highest BCUT2D eigenvalue weighted by molar-refractivity contribution is 9.10. The number of hydrogen-bond acceptors (Lipinski definition) is 2. The maximum atomic E-state index is 5.66. The van der Waals surface area contributed by atoms with Crippen LogP contribution in [0.15, 0.2) is 53.0 Å². The van der Waals surface area contributed by atoms with Gasteiger partial charge in [-0.25, -0.2) is 0 Å². The number of hydrogen-bond donors (Lipinski definition) is 0. The van der Waals surface area contributed by atoms with E-state index < -0.39 is 0 Å². The monoisotopic (exact) mass is 320 g/mol. The van der Waals surface area contributed by atoms with E-state index in [1.807, 2.05) is 42.5 Å². The van der Waals surface area contributed by atoms with Gasteiger partial charge in [0.05, 0.1) is 13.2 Å². The lowest BCUT2D eigenvalue weighted by Gasteiger charge is -2.08. The van der Waals surface area contributed by atoms with Crippen LogP contribution in [0.1, 0.15) is 12.0 Å². The van der Waals surface area contributed by atoms with Crippen molar-refractivity contribution in [3.05, 3.63) is 58.6 Å². The molecule has 0 aliphatic carbocycles. The Balaban J connectivity index is 1.66. The number of aryl methyl sites for hydroxylation is 1. The molecule has 0 saturated carbocycles. The first-order valence-electron chi connectivity index (χ1n) is 6.32. The molecule has 3 heteroatoms. The molecule has 0 fully saturated rings. The molecule has 2 aromatic rings. The van der Waals surface area contributed by atoms with Gasteiger partial charge in [-0.15, -0.1) is 0 Å². The van der Waals surface area contributed by atoms with E-state index in [1.165, 1.54) is 5.56 Å². The van der Waals surface area contributed by atoms with Crippen molar-refractivity contribution in [1.29, 1.82) is 0 Å². The molecule has 19 heavy (non-hydrogen) atoms. The van der Waals surface area contributed by atoms with Crippen molar-refractivity contribution in [2.24, 2.45) is 0 Å². The summed E-state index contributed by atoms with van der Waals surface area (Å²) in [7, 11) is 0. The SMILES string of the molecule is Cc1cccc(OCCCOc2ccc(Br)cc2)c1. The van der Waals surface area contributed by atoms with Crippen molar-refractivity contribution in [3.63, 3.8) is 0 Å². The summed E-state index contributed by atoms with van der Waals surface area (Å²) in [5.41, 5.74) is 1.21. The fraction of sp³-hybridized carbons (Fsp3) is 0.250. The van der Waals surface area contributed by atoms with Crippen LogP contribution in [0.25, 0.3) is 0 Å². The van der Waals surface area contributed by atoms with Crippen LogP contribution in [-0.4, -0.2) is 13.2 Å². The van der Waals surface area contributed by atoms with Gasteiger partial charge < -0.3 is 9.47 Å². The zero-order chi connectivity index (χ0) is 13.5.